The Morgan fingerprint density at radius 1 is 1.40 bits per heavy atom. The molecule has 0 aliphatic carbocycles. The van der Waals surface area contributed by atoms with Crippen molar-refractivity contribution in [2.75, 3.05) is 0 Å². The Kier molecular flexibility index (Phi) is 3.07. The molecule has 4 heteroatoms. The van der Waals surface area contributed by atoms with E-state index in [0.29, 0.717) is 12.2 Å². The molecule has 0 fully saturated rings. The number of rotatable bonds is 3. The van der Waals surface area contributed by atoms with Crippen molar-refractivity contribution in [3.05, 3.63) is 44.4 Å². The second-order valence-electron chi connectivity index (χ2n) is 3.22. The minimum absolute atomic E-state index is 0.0254. The summed E-state index contributed by atoms with van der Waals surface area (Å²) in [6.07, 6.45) is 0.406. The van der Waals surface area contributed by atoms with E-state index in [4.69, 9.17) is 4.42 Å². The van der Waals surface area contributed by atoms with Crippen molar-refractivity contribution in [1.82, 2.24) is 0 Å². The van der Waals surface area contributed by atoms with Gasteiger partial charge in [0.1, 0.15) is 5.76 Å². The minimum Gasteiger partial charge on any atom is -0.458 e. The number of hydrogen-bond acceptors (Lipinski definition) is 3. The van der Waals surface area contributed by atoms with Crippen molar-refractivity contribution in [2.24, 2.45) is 0 Å². The molecule has 2 nitrogen and oxygen atoms in total. The summed E-state index contributed by atoms with van der Waals surface area (Å²) in [5, 5.41) is 0. The van der Waals surface area contributed by atoms with Gasteiger partial charge in [-0.1, -0.05) is 0 Å². The fourth-order valence-corrected chi connectivity index (χ4v) is 2.76. The first-order chi connectivity index (χ1) is 7.15. The predicted molar refractivity (Wildman–Crippen MR) is 63.5 cm³/mol. The number of Topliss-reactive ketones (excluding diaryl/α,β-unsaturated/α-hetero) is 1. The van der Waals surface area contributed by atoms with Gasteiger partial charge in [0, 0.05) is 11.3 Å². The maximum atomic E-state index is 11.7. The highest BCUT2D eigenvalue weighted by Gasteiger charge is 2.11. The van der Waals surface area contributed by atoms with Gasteiger partial charge in [0.15, 0.2) is 5.76 Å². The minimum atomic E-state index is 0.0254. The first-order valence-corrected chi connectivity index (χ1v) is 6.10. The topological polar surface area (TPSA) is 30.2 Å². The number of halogens is 1. The summed E-state index contributed by atoms with van der Waals surface area (Å²) in [4.78, 5) is 12.8. The first kappa shape index (κ1) is 10.6. The molecule has 2 heterocycles. The van der Waals surface area contributed by atoms with Crippen LogP contribution in [0.3, 0.4) is 0 Å². The van der Waals surface area contributed by atoms with E-state index >= 15 is 0 Å². The zero-order valence-electron chi connectivity index (χ0n) is 8.12. The molecular formula is C11H9BrO2S. The van der Waals surface area contributed by atoms with E-state index < -0.39 is 0 Å². The molecule has 0 amide bonds. The van der Waals surface area contributed by atoms with Gasteiger partial charge in [-0.2, -0.15) is 0 Å². The molecule has 0 aliphatic rings. The molecule has 0 spiro atoms. The molecule has 0 saturated carbocycles. The van der Waals surface area contributed by atoms with Crippen LogP contribution in [0.15, 0.2) is 32.5 Å². The zero-order chi connectivity index (χ0) is 10.8. The Hall–Kier alpha value is -0.870. The third-order valence-electron chi connectivity index (χ3n) is 1.98. The van der Waals surface area contributed by atoms with Crippen molar-refractivity contribution >= 4 is 33.0 Å². The maximum Gasteiger partial charge on any atom is 0.203 e. The number of hydrogen-bond donors (Lipinski definition) is 0. The molecule has 0 aromatic carbocycles. The molecule has 2 rings (SSSR count). The van der Waals surface area contributed by atoms with Crippen molar-refractivity contribution in [3.63, 3.8) is 0 Å². The van der Waals surface area contributed by atoms with Crippen LogP contribution in [0, 0.1) is 6.92 Å². The summed E-state index contributed by atoms with van der Waals surface area (Å²) < 4.78 is 6.31. The molecule has 15 heavy (non-hydrogen) atoms. The summed E-state index contributed by atoms with van der Waals surface area (Å²) in [5.41, 5.74) is 0. The standard InChI is InChI=1S/C11H9BrO2S/c1-7-2-4-10(14-7)9(13)6-8-3-5-11(12)15-8/h2-5H,6H2,1H3. The molecule has 0 saturated heterocycles. The van der Waals surface area contributed by atoms with Gasteiger partial charge in [-0.15, -0.1) is 11.3 Å². The van der Waals surface area contributed by atoms with Gasteiger partial charge in [0.2, 0.25) is 5.78 Å². The van der Waals surface area contributed by atoms with E-state index in [1.807, 2.05) is 19.1 Å². The largest absolute Gasteiger partial charge is 0.458 e. The number of ketones is 1. The highest BCUT2D eigenvalue weighted by Crippen LogP contribution is 2.23. The Morgan fingerprint density at radius 2 is 2.20 bits per heavy atom. The quantitative estimate of drug-likeness (QED) is 0.802. The van der Waals surface area contributed by atoms with Crippen LogP contribution >= 0.6 is 27.3 Å². The molecule has 0 unspecified atom stereocenters. The number of aryl methyl sites for hydroxylation is 1. The Morgan fingerprint density at radius 3 is 2.73 bits per heavy atom. The fraction of sp³-hybridized carbons (Fsp3) is 0.182. The number of furan rings is 1. The van der Waals surface area contributed by atoms with E-state index in [2.05, 4.69) is 15.9 Å². The molecule has 2 aromatic rings. The first-order valence-electron chi connectivity index (χ1n) is 4.49. The third-order valence-corrected chi connectivity index (χ3v) is 3.60. The van der Waals surface area contributed by atoms with E-state index in [-0.39, 0.29) is 5.78 Å². The second kappa shape index (κ2) is 4.33. The Bertz CT molecular complexity index is 484. The monoisotopic (exact) mass is 284 g/mol. The molecule has 2 aromatic heterocycles. The van der Waals surface area contributed by atoms with Crippen LogP contribution in [0.2, 0.25) is 0 Å². The molecular weight excluding hydrogens is 276 g/mol. The van der Waals surface area contributed by atoms with Gasteiger partial charge < -0.3 is 4.42 Å². The molecule has 0 aliphatic heterocycles. The molecule has 0 bridgehead atoms. The molecule has 0 atom stereocenters. The Balaban J connectivity index is 2.10. The average molecular weight is 285 g/mol. The zero-order valence-corrected chi connectivity index (χ0v) is 10.5. The number of carbonyl (C=O) groups excluding carboxylic acids is 1. The smallest absolute Gasteiger partial charge is 0.203 e. The van der Waals surface area contributed by atoms with Gasteiger partial charge in [0.05, 0.1) is 3.79 Å². The fourth-order valence-electron chi connectivity index (χ4n) is 1.28. The van der Waals surface area contributed by atoms with Crippen molar-refractivity contribution < 1.29 is 9.21 Å². The lowest BCUT2D eigenvalue weighted by Crippen LogP contribution is -1.99. The summed E-state index contributed by atoms with van der Waals surface area (Å²) >= 11 is 4.94. The third kappa shape index (κ3) is 2.58. The van der Waals surface area contributed by atoms with Gasteiger partial charge in [-0.25, -0.2) is 0 Å². The molecule has 0 radical (unpaired) electrons. The van der Waals surface area contributed by atoms with Crippen LogP contribution in [-0.2, 0) is 6.42 Å². The molecule has 0 N–H and O–H groups in total. The van der Waals surface area contributed by atoms with E-state index in [9.17, 15) is 4.79 Å². The lowest BCUT2D eigenvalue weighted by atomic mass is 10.2. The van der Waals surface area contributed by atoms with Crippen LogP contribution < -0.4 is 0 Å². The van der Waals surface area contributed by atoms with Crippen LogP contribution in [-0.4, -0.2) is 5.78 Å². The summed E-state index contributed by atoms with van der Waals surface area (Å²) in [6.45, 7) is 1.83. The van der Waals surface area contributed by atoms with Crippen molar-refractivity contribution in [1.29, 1.82) is 0 Å². The average Bonchev–Trinajstić information content (AvgIpc) is 2.75. The number of carbonyl (C=O) groups is 1. The second-order valence-corrected chi connectivity index (χ2v) is 5.76. The van der Waals surface area contributed by atoms with Gasteiger partial charge in [0.25, 0.3) is 0 Å². The van der Waals surface area contributed by atoms with Crippen LogP contribution in [0.5, 0.6) is 0 Å². The van der Waals surface area contributed by atoms with Crippen molar-refractivity contribution in [2.45, 2.75) is 13.3 Å². The summed E-state index contributed by atoms with van der Waals surface area (Å²) in [7, 11) is 0. The van der Waals surface area contributed by atoms with Crippen molar-refractivity contribution in [3.8, 4) is 0 Å². The SMILES string of the molecule is Cc1ccc(C(=O)Cc2ccc(Br)s2)o1. The normalized spacial score (nSPS) is 10.5. The maximum absolute atomic E-state index is 11.7. The molecule has 78 valence electrons. The van der Waals surface area contributed by atoms with E-state index in [1.54, 1.807) is 23.5 Å². The van der Waals surface area contributed by atoms with Gasteiger partial charge in [-0.05, 0) is 47.1 Å². The highest BCUT2D eigenvalue weighted by molar-refractivity contribution is 9.11. The van der Waals surface area contributed by atoms with Gasteiger partial charge >= 0.3 is 0 Å². The Labute approximate surface area is 100 Å². The summed E-state index contributed by atoms with van der Waals surface area (Å²) in [6, 6.07) is 7.42. The van der Waals surface area contributed by atoms with Crippen LogP contribution in [0.25, 0.3) is 0 Å². The van der Waals surface area contributed by atoms with Crippen LogP contribution in [0.1, 0.15) is 21.2 Å². The van der Waals surface area contributed by atoms with Gasteiger partial charge in [-0.3, -0.25) is 4.79 Å². The van der Waals surface area contributed by atoms with Crippen LogP contribution in [0.4, 0.5) is 0 Å². The number of thiophene rings is 1. The lowest BCUT2D eigenvalue weighted by molar-refractivity contribution is 0.0966. The lowest BCUT2D eigenvalue weighted by Gasteiger charge is -1.93. The van der Waals surface area contributed by atoms with E-state index in [0.717, 1.165) is 14.4 Å². The summed E-state index contributed by atoms with van der Waals surface area (Å²) in [5.74, 6) is 1.24. The predicted octanol–water partition coefficient (Wildman–Crippen LogP) is 3.84. The highest BCUT2D eigenvalue weighted by atomic mass is 79.9. The van der Waals surface area contributed by atoms with E-state index in [1.165, 1.54) is 0 Å².